The van der Waals surface area contributed by atoms with Crippen LogP contribution in [0.2, 0.25) is 13.1 Å². The molecular formula is C11H19Cl2N2SiTi. The number of hydrogen-bond donors (Lipinski definition) is 0. The van der Waals surface area contributed by atoms with Crippen LogP contribution in [0.4, 0.5) is 0 Å². The van der Waals surface area contributed by atoms with Crippen LogP contribution in [0.5, 0.6) is 0 Å². The average molecular weight is 326 g/mol. The second-order valence-electron chi connectivity index (χ2n) is 5.14. The second kappa shape index (κ2) is 5.30. The monoisotopic (exact) mass is 325 g/mol. The summed E-state index contributed by atoms with van der Waals surface area (Å²) in [4.78, 5) is 4.76. The quantitative estimate of drug-likeness (QED) is 0.720. The Balaban J connectivity index is 2.49. The molecule has 0 aromatic carbocycles. The van der Waals surface area contributed by atoms with E-state index in [1.807, 2.05) is 0 Å². The van der Waals surface area contributed by atoms with Crippen LogP contribution in [0.15, 0.2) is 20.5 Å². The summed E-state index contributed by atoms with van der Waals surface area (Å²) in [6, 6.07) is 0. The van der Waals surface area contributed by atoms with E-state index in [2.05, 4.69) is 37.0 Å². The summed E-state index contributed by atoms with van der Waals surface area (Å²) in [5, 5.41) is 1.65. The molecule has 2 aliphatic rings. The van der Waals surface area contributed by atoms with E-state index in [1.165, 1.54) is 15.3 Å². The Morgan fingerprint density at radius 1 is 1.06 bits per heavy atom. The maximum atomic E-state index is 6.30. The molecule has 0 aromatic rings. The summed E-state index contributed by atoms with van der Waals surface area (Å²) in [5.41, 5.74) is 2.83. The molecule has 1 aliphatic heterocycles. The Hall–Kier alpha value is 0.591. The molecule has 1 saturated heterocycles. The zero-order valence-electron chi connectivity index (χ0n) is 10.8. The van der Waals surface area contributed by atoms with Gasteiger partial charge >= 0.3 is 120 Å². The molecule has 1 heterocycles. The summed E-state index contributed by atoms with van der Waals surface area (Å²) in [6.07, 6.45) is 1.06. The Morgan fingerprint density at radius 3 is 2.06 bits per heavy atom. The molecule has 0 N–H and O–H groups in total. The topological polar surface area (TPSA) is 6.48 Å². The number of nitrogens with zero attached hydrogens (tertiary/aromatic N) is 2. The van der Waals surface area contributed by atoms with Crippen LogP contribution in [0.3, 0.4) is 0 Å². The van der Waals surface area contributed by atoms with Crippen molar-refractivity contribution in [3.8, 4) is 0 Å². The first kappa shape index (κ1) is 14.0. The molecule has 0 radical (unpaired) electrons. The first-order chi connectivity index (χ1) is 7.93. The molecule has 0 aromatic heterocycles. The molecule has 1 fully saturated rings. The molecule has 2 nitrogen and oxygen atoms in total. The Kier molecular flexibility index (Phi) is 4.37. The average Bonchev–Trinajstić information content (AvgIpc) is 2.64. The first-order valence-corrected chi connectivity index (χ1v) is 14.0. The van der Waals surface area contributed by atoms with E-state index >= 15 is 0 Å². The number of likely N-dealkylation sites (N-methyl/N-ethyl adjacent to an activating group) is 2. The van der Waals surface area contributed by atoms with Crippen molar-refractivity contribution in [3.63, 3.8) is 0 Å². The number of fused-ring (bicyclic) bond motifs is 1. The van der Waals surface area contributed by atoms with Gasteiger partial charge in [0.05, 0.1) is 0 Å². The number of hydrogen-bond acceptors (Lipinski definition) is 2. The normalized spacial score (nSPS) is 20.6. The van der Waals surface area contributed by atoms with E-state index in [-0.39, 0.29) is 0 Å². The summed E-state index contributed by atoms with van der Waals surface area (Å²) in [7, 11) is 16.2. The van der Waals surface area contributed by atoms with Crippen molar-refractivity contribution >= 4 is 27.4 Å². The van der Waals surface area contributed by atoms with Gasteiger partial charge in [0.15, 0.2) is 0 Å². The van der Waals surface area contributed by atoms with E-state index in [0.29, 0.717) is 0 Å². The number of piperazine rings is 1. The van der Waals surface area contributed by atoms with Gasteiger partial charge in [-0.15, -0.1) is 0 Å². The molecule has 1 aliphatic carbocycles. The van der Waals surface area contributed by atoms with Crippen molar-refractivity contribution in [2.24, 2.45) is 0 Å². The van der Waals surface area contributed by atoms with E-state index in [0.717, 1.165) is 19.5 Å². The van der Waals surface area contributed by atoms with Gasteiger partial charge < -0.3 is 0 Å². The van der Waals surface area contributed by atoms with Gasteiger partial charge in [-0.1, -0.05) is 0 Å². The molecule has 0 bridgehead atoms. The summed E-state index contributed by atoms with van der Waals surface area (Å²) >= 11 is -2.00. The third kappa shape index (κ3) is 2.50. The van der Waals surface area contributed by atoms with Crippen molar-refractivity contribution < 1.29 is 15.7 Å². The Bertz CT molecular complexity index is 357. The summed E-state index contributed by atoms with van der Waals surface area (Å²) < 4.78 is 1.37. The van der Waals surface area contributed by atoms with Gasteiger partial charge in [0.1, 0.15) is 0 Å². The SMILES string of the molecule is CN1CCN(C)C2=[C]([Ti]([Cl])[Cl])CC([SiH](C)C)=C21. The fourth-order valence-corrected chi connectivity index (χ4v) is 7.04. The Morgan fingerprint density at radius 2 is 1.59 bits per heavy atom. The molecule has 6 heteroatoms. The van der Waals surface area contributed by atoms with Crippen molar-refractivity contribution in [1.29, 1.82) is 0 Å². The van der Waals surface area contributed by atoms with Gasteiger partial charge in [-0.3, -0.25) is 0 Å². The zero-order chi connectivity index (χ0) is 12.7. The molecule has 0 amide bonds. The molecule has 0 unspecified atom stereocenters. The van der Waals surface area contributed by atoms with Crippen LogP contribution >= 0.6 is 18.6 Å². The van der Waals surface area contributed by atoms with Crippen LogP contribution in [0.1, 0.15) is 6.42 Å². The van der Waals surface area contributed by atoms with E-state index in [1.54, 1.807) is 5.20 Å². The van der Waals surface area contributed by atoms with Gasteiger partial charge in [-0.2, -0.15) is 0 Å². The van der Waals surface area contributed by atoms with Crippen molar-refractivity contribution in [2.75, 3.05) is 27.2 Å². The summed E-state index contributed by atoms with van der Waals surface area (Å²) in [6.45, 7) is 6.97. The standard InChI is InChI=1S/C11H19N2Si.2ClH.Ti/c1-12-7-8-13(2)11-9(12)5-6-10(11)14(3)4;;;/h14H,6-8H2,1-4H3;2*1H;/q;;;+2/p-2. The predicted octanol–water partition coefficient (Wildman–Crippen LogP) is 2.68. The van der Waals surface area contributed by atoms with Crippen molar-refractivity contribution in [2.45, 2.75) is 19.5 Å². The van der Waals surface area contributed by atoms with Crippen LogP contribution < -0.4 is 0 Å². The zero-order valence-corrected chi connectivity index (χ0v) is 15.1. The van der Waals surface area contributed by atoms with Crippen molar-refractivity contribution in [1.82, 2.24) is 9.80 Å². The van der Waals surface area contributed by atoms with Crippen molar-refractivity contribution in [3.05, 3.63) is 20.5 Å². The Labute approximate surface area is 119 Å². The van der Waals surface area contributed by atoms with Gasteiger partial charge in [0, 0.05) is 0 Å². The third-order valence-electron chi connectivity index (χ3n) is 3.64. The first-order valence-electron chi connectivity index (χ1n) is 6.00. The van der Waals surface area contributed by atoms with Crippen LogP contribution in [0, 0.1) is 0 Å². The fourth-order valence-electron chi connectivity index (χ4n) is 2.65. The van der Waals surface area contributed by atoms with Gasteiger partial charge in [0.25, 0.3) is 0 Å². The number of rotatable bonds is 2. The molecule has 0 saturated carbocycles. The molecule has 17 heavy (non-hydrogen) atoms. The van der Waals surface area contributed by atoms with Crippen LogP contribution in [-0.2, 0) is 15.7 Å². The molecule has 0 spiro atoms. The molecular weight excluding hydrogens is 307 g/mol. The minimum absolute atomic E-state index is 0.783. The van der Waals surface area contributed by atoms with Crippen LogP contribution in [-0.4, -0.2) is 45.8 Å². The number of allylic oxidation sites excluding steroid dienone is 2. The van der Waals surface area contributed by atoms with Gasteiger partial charge in [-0.25, -0.2) is 0 Å². The van der Waals surface area contributed by atoms with Gasteiger partial charge in [0.2, 0.25) is 0 Å². The molecule has 0 atom stereocenters. The molecule has 95 valence electrons. The fraction of sp³-hybridized carbons (Fsp3) is 0.636. The summed E-state index contributed by atoms with van der Waals surface area (Å²) in [5.74, 6) is 0. The third-order valence-corrected chi connectivity index (χ3v) is 8.75. The minimum atomic E-state index is -2.00. The van der Waals surface area contributed by atoms with Gasteiger partial charge in [-0.05, 0) is 0 Å². The van der Waals surface area contributed by atoms with E-state index in [4.69, 9.17) is 18.6 Å². The van der Waals surface area contributed by atoms with E-state index in [9.17, 15) is 0 Å². The maximum absolute atomic E-state index is 6.30. The second-order valence-corrected chi connectivity index (χ2v) is 13.8. The molecule has 2 rings (SSSR count). The predicted molar refractivity (Wildman–Crippen MR) is 74.5 cm³/mol. The van der Waals surface area contributed by atoms with Crippen LogP contribution in [0.25, 0.3) is 0 Å². The number of halogens is 2. The van der Waals surface area contributed by atoms with E-state index < -0.39 is 24.5 Å².